The Morgan fingerprint density at radius 3 is 2.50 bits per heavy atom. The van der Waals surface area contributed by atoms with Crippen LogP contribution in [-0.4, -0.2) is 11.7 Å². The van der Waals surface area contributed by atoms with Crippen LogP contribution >= 0.6 is 15.9 Å². The number of benzene rings is 2. The van der Waals surface area contributed by atoms with Crippen molar-refractivity contribution in [2.24, 2.45) is 0 Å². The van der Waals surface area contributed by atoms with Crippen molar-refractivity contribution in [3.05, 3.63) is 58.6 Å². The van der Waals surface area contributed by atoms with Gasteiger partial charge in [-0.05, 0) is 30.7 Å². The Bertz CT molecular complexity index is 542. The summed E-state index contributed by atoms with van der Waals surface area (Å²) in [6, 6.07) is 16.4. The topological polar surface area (TPSA) is 23.5 Å². The molecule has 0 fully saturated rings. The Balaban J connectivity index is 2.43. The Morgan fingerprint density at radius 2 is 1.85 bits per heavy atom. The number of hydrogen-bond donors (Lipinski definition) is 1. The van der Waals surface area contributed by atoms with E-state index in [9.17, 15) is 5.11 Å². The lowest BCUT2D eigenvalue weighted by molar-refractivity contribution is 0.282. The number of aliphatic hydroxyl groups is 1. The van der Waals surface area contributed by atoms with Crippen LogP contribution in [0.2, 0.25) is 0 Å². The molecular formula is C17H20BrNO. The minimum Gasteiger partial charge on any atom is -0.392 e. The SMILES string of the molecule is CCCCN(c1ccccc1)c1cc(Br)ccc1CO. The lowest BCUT2D eigenvalue weighted by Gasteiger charge is -2.27. The van der Waals surface area contributed by atoms with E-state index < -0.39 is 0 Å². The van der Waals surface area contributed by atoms with Crippen LogP contribution in [0.25, 0.3) is 0 Å². The molecule has 0 radical (unpaired) electrons. The van der Waals surface area contributed by atoms with E-state index in [2.05, 4.69) is 46.0 Å². The van der Waals surface area contributed by atoms with Gasteiger partial charge in [0.1, 0.15) is 0 Å². The molecule has 20 heavy (non-hydrogen) atoms. The molecule has 0 aromatic heterocycles. The lowest BCUT2D eigenvalue weighted by atomic mass is 10.1. The van der Waals surface area contributed by atoms with Crippen molar-refractivity contribution < 1.29 is 5.11 Å². The highest BCUT2D eigenvalue weighted by Gasteiger charge is 2.13. The van der Waals surface area contributed by atoms with Crippen LogP contribution in [0.3, 0.4) is 0 Å². The minimum absolute atomic E-state index is 0.0536. The third kappa shape index (κ3) is 3.62. The van der Waals surface area contributed by atoms with Crippen molar-refractivity contribution in [1.82, 2.24) is 0 Å². The minimum atomic E-state index is 0.0536. The standard InChI is InChI=1S/C17H20BrNO/c1-2-3-11-19(16-7-5-4-6-8-16)17-12-15(18)10-9-14(17)13-20/h4-10,12,20H,2-3,11,13H2,1H3. The number of para-hydroxylation sites is 1. The molecule has 0 aliphatic carbocycles. The van der Waals surface area contributed by atoms with Crippen LogP contribution in [0, 0.1) is 0 Å². The fraction of sp³-hybridized carbons (Fsp3) is 0.294. The molecule has 2 rings (SSSR count). The van der Waals surface area contributed by atoms with Crippen LogP contribution < -0.4 is 4.90 Å². The van der Waals surface area contributed by atoms with Crippen molar-refractivity contribution in [1.29, 1.82) is 0 Å². The van der Waals surface area contributed by atoms with E-state index in [1.165, 1.54) is 0 Å². The van der Waals surface area contributed by atoms with Gasteiger partial charge in [-0.3, -0.25) is 0 Å². The quantitative estimate of drug-likeness (QED) is 0.814. The molecule has 106 valence electrons. The molecular weight excluding hydrogens is 314 g/mol. The monoisotopic (exact) mass is 333 g/mol. The third-order valence-corrected chi connectivity index (χ3v) is 3.80. The van der Waals surface area contributed by atoms with Gasteiger partial charge in [0, 0.05) is 28.0 Å². The van der Waals surface area contributed by atoms with E-state index in [1.807, 2.05) is 30.3 Å². The summed E-state index contributed by atoms with van der Waals surface area (Å²) < 4.78 is 1.03. The number of unbranched alkanes of at least 4 members (excludes halogenated alkanes) is 1. The van der Waals surface area contributed by atoms with Crippen LogP contribution in [0.1, 0.15) is 25.3 Å². The molecule has 0 aliphatic heterocycles. The zero-order chi connectivity index (χ0) is 14.4. The molecule has 0 saturated carbocycles. The first-order chi connectivity index (χ1) is 9.76. The molecule has 0 saturated heterocycles. The summed E-state index contributed by atoms with van der Waals surface area (Å²) in [5.74, 6) is 0. The van der Waals surface area contributed by atoms with E-state index in [4.69, 9.17) is 0 Å². The van der Waals surface area contributed by atoms with Gasteiger partial charge < -0.3 is 10.0 Å². The molecule has 0 amide bonds. The van der Waals surface area contributed by atoms with Gasteiger partial charge >= 0.3 is 0 Å². The van der Waals surface area contributed by atoms with Gasteiger partial charge in [0.05, 0.1) is 6.61 Å². The van der Waals surface area contributed by atoms with E-state index in [0.717, 1.165) is 40.8 Å². The summed E-state index contributed by atoms with van der Waals surface area (Å²) in [7, 11) is 0. The fourth-order valence-corrected chi connectivity index (χ4v) is 2.58. The first kappa shape index (κ1) is 15.1. The number of hydrogen-bond acceptors (Lipinski definition) is 2. The molecule has 0 spiro atoms. The molecule has 0 atom stereocenters. The van der Waals surface area contributed by atoms with Gasteiger partial charge in [-0.2, -0.15) is 0 Å². The highest BCUT2D eigenvalue weighted by atomic mass is 79.9. The first-order valence-corrected chi connectivity index (χ1v) is 7.77. The van der Waals surface area contributed by atoms with Crippen LogP contribution in [-0.2, 0) is 6.61 Å². The van der Waals surface area contributed by atoms with Gasteiger partial charge in [0.15, 0.2) is 0 Å². The Morgan fingerprint density at radius 1 is 1.10 bits per heavy atom. The normalized spacial score (nSPS) is 10.6. The predicted octanol–water partition coefficient (Wildman–Crippen LogP) is 4.88. The Hall–Kier alpha value is -1.32. The summed E-state index contributed by atoms with van der Waals surface area (Å²) in [5, 5.41) is 9.59. The smallest absolute Gasteiger partial charge is 0.0702 e. The van der Waals surface area contributed by atoms with E-state index in [1.54, 1.807) is 0 Å². The van der Waals surface area contributed by atoms with Gasteiger partial charge in [-0.25, -0.2) is 0 Å². The highest BCUT2D eigenvalue weighted by molar-refractivity contribution is 9.10. The number of aliphatic hydroxyl groups excluding tert-OH is 1. The summed E-state index contributed by atoms with van der Waals surface area (Å²) in [4.78, 5) is 2.28. The van der Waals surface area contributed by atoms with Crippen LogP contribution in [0.5, 0.6) is 0 Å². The van der Waals surface area contributed by atoms with Crippen molar-refractivity contribution in [3.63, 3.8) is 0 Å². The molecule has 2 aromatic carbocycles. The van der Waals surface area contributed by atoms with E-state index in [-0.39, 0.29) is 6.61 Å². The second-order valence-electron chi connectivity index (χ2n) is 4.77. The molecule has 0 aliphatic rings. The third-order valence-electron chi connectivity index (χ3n) is 3.31. The molecule has 0 bridgehead atoms. The summed E-state index contributed by atoms with van der Waals surface area (Å²) in [6.45, 7) is 3.19. The second kappa shape index (κ2) is 7.46. The number of nitrogens with zero attached hydrogens (tertiary/aromatic N) is 1. The molecule has 0 heterocycles. The average molecular weight is 334 g/mol. The summed E-state index contributed by atoms with van der Waals surface area (Å²) in [6.07, 6.45) is 2.26. The zero-order valence-corrected chi connectivity index (χ0v) is 13.3. The maximum Gasteiger partial charge on any atom is 0.0702 e. The molecule has 2 nitrogen and oxygen atoms in total. The number of rotatable bonds is 6. The fourth-order valence-electron chi connectivity index (χ4n) is 2.23. The second-order valence-corrected chi connectivity index (χ2v) is 5.69. The summed E-state index contributed by atoms with van der Waals surface area (Å²) in [5.41, 5.74) is 3.18. The molecule has 1 N–H and O–H groups in total. The van der Waals surface area contributed by atoms with E-state index >= 15 is 0 Å². The van der Waals surface area contributed by atoms with Gasteiger partial charge in [0.2, 0.25) is 0 Å². The summed E-state index contributed by atoms with van der Waals surface area (Å²) >= 11 is 3.53. The Labute approximate surface area is 129 Å². The zero-order valence-electron chi connectivity index (χ0n) is 11.7. The molecule has 2 aromatic rings. The van der Waals surface area contributed by atoms with Crippen molar-refractivity contribution in [2.75, 3.05) is 11.4 Å². The largest absolute Gasteiger partial charge is 0.392 e. The van der Waals surface area contributed by atoms with Crippen LogP contribution in [0.15, 0.2) is 53.0 Å². The average Bonchev–Trinajstić information content (AvgIpc) is 2.49. The molecule has 3 heteroatoms. The van der Waals surface area contributed by atoms with Crippen molar-refractivity contribution >= 4 is 27.3 Å². The maximum absolute atomic E-state index is 9.59. The predicted molar refractivity (Wildman–Crippen MR) is 88.4 cm³/mol. The van der Waals surface area contributed by atoms with Crippen molar-refractivity contribution in [3.8, 4) is 0 Å². The van der Waals surface area contributed by atoms with Crippen LogP contribution in [0.4, 0.5) is 11.4 Å². The van der Waals surface area contributed by atoms with E-state index in [0.29, 0.717) is 0 Å². The van der Waals surface area contributed by atoms with Gasteiger partial charge in [0.25, 0.3) is 0 Å². The van der Waals surface area contributed by atoms with Gasteiger partial charge in [-0.1, -0.05) is 53.5 Å². The number of halogens is 1. The maximum atomic E-state index is 9.59. The Kier molecular flexibility index (Phi) is 5.62. The van der Waals surface area contributed by atoms with Crippen molar-refractivity contribution in [2.45, 2.75) is 26.4 Å². The number of anilines is 2. The first-order valence-electron chi connectivity index (χ1n) is 6.98. The van der Waals surface area contributed by atoms with Gasteiger partial charge in [-0.15, -0.1) is 0 Å². The lowest BCUT2D eigenvalue weighted by Crippen LogP contribution is -2.19. The highest BCUT2D eigenvalue weighted by Crippen LogP contribution is 2.31. The molecule has 0 unspecified atom stereocenters.